The second-order valence-corrected chi connectivity index (χ2v) is 5.84. The van der Waals surface area contributed by atoms with Gasteiger partial charge in [0.05, 0.1) is 18.8 Å². The minimum atomic E-state index is -0.190. The molecule has 1 aromatic heterocycles. The van der Waals surface area contributed by atoms with Crippen molar-refractivity contribution < 1.29 is 9.53 Å². The molecular weight excluding hydrogens is 314 g/mol. The molecule has 0 unspecified atom stereocenters. The number of ether oxygens (including phenoxy) is 1. The molecule has 1 N–H and O–H groups in total. The Morgan fingerprint density at radius 2 is 1.68 bits per heavy atom. The highest BCUT2D eigenvalue weighted by Gasteiger charge is 2.10. The first kappa shape index (κ1) is 16.9. The number of aryl methyl sites for hydroxylation is 1. The normalized spacial score (nSPS) is 10.6. The first-order valence-corrected chi connectivity index (χ1v) is 8.20. The lowest BCUT2D eigenvalue weighted by Crippen LogP contribution is -2.20. The fourth-order valence-corrected chi connectivity index (χ4v) is 2.54. The molecule has 0 aliphatic carbocycles. The van der Waals surface area contributed by atoms with E-state index < -0.39 is 0 Å². The average Bonchev–Trinajstić information content (AvgIpc) is 2.95. The van der Waals surface area contributed by atoms with Gasteiger partial charge < -0.3 is 10.1 Å². The maximum atomic E-state index is 12.1. The second-order valence-electron chi connectivity index (χ2n) is 5.84. The summed E-state index contributed by atoms with van der Waals surface area (Å²) < 4.78 is 7.27. The van der Waals surface area contributed by atoms with Crippen LogP contribution in [0.2, 0.25) is 0 Å². The van der Waals surface area contributed by atoms with Crippen LogP contribution in [0.4, 0.5) is 5.82 Å². The van der Waals surface area contributed by atoms with Crippen LogP contribution in [-0.4, -0.2) is 22.3 Å². The molecule has 0 spiro atoms. The summed E-state index contributed by atoms with van der Waals surface area (Å²) in [5, 5.41) is 7.32. The monoisotopic (exact) mass is 335 g/mol. The molecule has 3 aromatic rings. The summed E-state index contributed by atoms with van der Waals surface area (Å²) >= 11 is 0. The summed E-state index contributed by atoms with van der Waals surface area (Å²) in [4.78, 5) is 12.1. The van der Waals surface area contributed by atoms with Gasteiger partial charge in [0.2, 0.25) is 0 Å². The molecule has 1 amide bonds. The highest BCUT2D eigenvalue weighted by Crippen LogP contribution is 2.13. The van der Waals surface area contributed by atoms with Gasteiger partial charge in [-0.05, 0) is 18.1 Å². The maximum absolute atomic E-state index is 12.1. The van der Waals surface area contributed by atoms with Crippen molar-refractivity contribution >= 4 is 11.7 Å². The molecule has 1 heterocycles. The van der Waals surface area contributed by atoms with Crippen molar-refractivity contribution in [3.05, 3.63) is 83.6 Å². The van der Waals surface area contributed by atoms with E-state index >= 15 is 0 Å². The Labute approximate surface area is 147 Å². The number of carbonyl (C=O) groups excluding carboxylic acids is 1. The Hall–Kier alpha value is -2.92. The lowest BCUT2D eigenvalue weighted by molar-refractivity contribution is -0.121. The molecular formula is C20H21N3O2. The van der Waals surface area contributed by atoms with Crippen molar-refractivity contribution in [1.29, 1.82) is 0 Å². The third kappa shape index (κ3) is 5.02. The summed E-state index contributed by atoms with van der Waals surface area (Å²) in [6.07, 6.45) is 0. The highest BCUT2D eigenvalue weighted by molar-refractivity contribution is 5.90. The Balaban J connectivity index is 1.56. The van der Waals surface area contributed by atoms with Crippen molar-refractivity contribution in [1.82, 2.24) is 9.78 Å². The quantitative estimate of drug-likeness (QED) is 0.720. The van der Waals surface area contributed by atoms with Gasteiger partial charge in [0.15, 0.2) is 0 Å². The number of rotatable bonds is 7. The van der Waals surface area contributed by atoms with Gasteiger partial charge in [-0.3, -0.25) is 4.79 Å². The molecule has 0 radical (unpaired) electrons. The number of nitrogens with one attached hydrogen (secondary N) is 1. The molecule has 0 bridgehead atoms. The SMILES string of the molecule is Cc1cc(NC(=O)COCc2ccccc2)n(Cc2ccccc2)n1. The smallest absolute Gasteiger partial charge is 0.251 e. The molecule has 25 heavy (non-hydrogen) atoms. The van der Waals surface area contributed by atoms with Crippen LogP contribution in [0, 0.1) is 6.92 Å². The van der Waals surface area contributed by atoms with Crippen LogP contribution < -0.4 is 5.32 Å². The van der Waals surface area contributed by atoms with E-state index in [-0.39, 0.29) is 12.5 Å². The van der Waals surface area contributed by atoms with E-state index in [4.69, 9.17) is 4.74 Å². The van der Waals surface area contributed by atoms with E-state index in [0.717, 1.165) is 16.8 Å². The molecule has 0 atom stereocenters. The molecule has 128 valence electrons. The Kier molecular flexibility index (Phi) is 5.59. The number of hydrogen-bond acceptors (Lipinski definition) is 3. The molecule has 3 rings (SSSR count). The topological polar surface area (TPSA) is 56.1 Å². The Morgan fingerprint density at radius 1 is 1.04 bits per heavy atom. The fourth-order valence-electron chi connectivity index (χ4n) is 2.54. The molecule has 2 aromatic carbocycles. The molecule has 0 fully saturated rings. The fraction of sp³-hybridized carbons (Fsp3) is 0.200. The maximum Gasteiger partial charge on any atom is 0.251 e. The Morgan fingerprint density at radius 3 is 2.36 bits per heavy atom. The first-order chi connectivity index (χ1) is 12.2. The lowest BCUT2D eigenvalue weighted by Gasteiger charge is -2.09. The van der Waals surface area contributed by atoms with Gasteiger partial charge in [0, 0.05) is 6.07 Å². The van der Waals surface area contributed by atoms with Crippen molar-refractivity contribution in [2.24, 2.45) is 0 Å². The standard InChI is InChI=1S/C20H21N3O2/c1-16-12-19(23(22-16)13-17-8-4-2-5-9-17)21-20(24)15-25-14-18-10-6-3-7-11-18/h2-12H,13-15H2,1H3,(H,21,24). The Bertz CT molecular complexity index is 813. The number of hydrogen-bond donors (Lipinski definition) is 1. The molecule has 5 nitrogen and oxygen atoms in total. The van der Waals surface area contributed by atoms with Gasteiger partial charge in [-0.2, -0.15) is 5.10 Å². The molecule has 5 heteroatoms. The zero-order valence-corrected chi connectivity index (χ0v) is 14.2. The summed E-state index contributed by atoms with van der Waals surface area (Å²) in [5.41, 5.74) is 3.03. The minimum absolute atomic E-state index is 0.00442. The van der Waals surface area contributed by atoms with Crippen LogP contribution in [0.5, 0.6) is 0 Å². The molecule has 0 aliphatic rings. The zero-order valence-electron chi connectivity index (χ0n) is 14.2. The van der Waals surface area contributed by atoms with Crippen LogP contribution in [0.3, 0.4) is 0 Å². The highest BCUT2D eigenvalue weighted by atomic mass is 16.5. The third-order valence-corrected chi connectivity index (χ3v) is 3.69. The number of benzene rings is 2. The van der Waals surface area contributed by atoms with E-state index in [2.05, 4.69) is 10.4 Å². The number of nitrogens with zero attached hydrogens (tertiary/aromatic N) is 2. The van der Waals surface area contributed by atoms with Gasteiger partial charge in [0.1, 0.15) is 12.4 Å². The van der Waals surface area contributed by atoms with E-state index in [1.54, 1.807) is 4.68 Å². The van der Waals surface area contributed by atoms with E-state index in [0.29, 0.717) is 19.0 Å². The second kappa shape index (κ2) is 8.26. The van der Waals surface area contributed by atoms with Crippen LogP contribution in [0.1, 0.15) is 16.8 Å². The predicted molar refractivity (Wildman–Crippen MR) is 97.2 cm³/mol. The zero-order chi connectivity index (χ0) is 17.5. The van der Waals surface area contributed by atoms with Gasteiger partial charge in [-0.25, -0.2) is 4.68 Å². The molecule has 0 saturated carbocycles. The number of anilines is 1. The predicted octanol–water partition coefficient (Wildman–Crippen LogP) is 3.40. The summed E-state index contributed by atoms with van der Waals surface area (Å²) in [6.45, 7) is 2.93. The van der Waals surface area contributed by atoms with Crippen LogP contribution >= 0.6 is 0 Å². The van der Waals surface area contributed by atoms with Crippen molar-refractivity contribution in [3.8, 4) is 0 Å². The summed E-state index contributed by atoms with van der Waals surface area (Å²) in [7, 11) is 0. The largest absolute Gasteiger partial charge is 0.367 e. The number of carbonyl (C=O) groups is 1. The van der Waals surface area contributed by atoms with Gasteiger partial charge in [-0.15, -0.1) is 0 Å². The average molecular weight is 335 g/mol. The molecule has 0 saturated heterocycles. The minimum Gasteiger partial charge on any atom is -0.367 e. The van der Waals surface area contributed by atoms with Crippen molar-refractivity contribution in [3.63, 3.8) is 0 Å². The van der Waals surface area contributed by atoms with Gasteiger partial charge in [-0.1, -0.05) is 60.7 Å². The van der Waals surface area contributed by atoms with Crippen molar-refractivity contribution in [2.75, 3.05) is 11.9 Å². The number of aromatic nitrogens is 2. The van der Waals surface area contributed by atoms with Crippen LogP contribution in [0.25, 0.3) is 0 Å². The third-order valence-electron chi connectivity index (χ3n) is 3.69. The van der Waals surface area contributed by atoms with Crippen LogP contribution in [0.15, 0.2) is 66.7 Å². The van der Waals surface area contributed by atoms with Gasteiger partial charge in [0.25, 0.3) is 5.91 Å². The summed E-state index contributed by atoms with van der Waals surface area (Å²) in [5.74, 6) is 0.486. The summed E-state index contributed by atoms with van der Waals surface area (Å²) in [6, 6.07) is 21.7. The molecule has 0 aliphatic heterocycles. The first-order valence-electron chi connectivity index (χ1n) is 8.20. The van der Waals surface area contributed by atoms with Crippen LogP contribution in [-0.2, 0) is 22.7 Å². The van der Waals surface area contributed by atoms with E-state index in [1.165, 1.54) is 0 Å². The number of amides is 1. The van der Waals surface area contributed by atoms with E-state index in [9.17, 15) is 4.79 Å². The van der Waals surface area contributed by atoms with Crippen molar-refractivity contribution in [2.45, 2.75) is 20.1 Å². The van der Waals surface area contributed by atoms with Gasteiger partial charge >= 0.3 is 0 Å². The lowest BCUT2D eigenvalue weighted by atomic mass is 10.2. The van der Waals surface area contributed by atoms with E-state index in [1.807, 2.05) is 73.7 Å².